The maximum absolute atomic E-state index is 12.3. The molecule has 188 valence electrons. The Morgan fingerprint density at radius 3 is 2.77 bits per heavy atom. The van der Waals surface area contributed by atoms with Gasteiger partial charge in [-0.25, -0.2) is 4.99 Å². The van der Waals surface area contributed by atoms with E-state index in [1.54, 1.807) is 26.0 Å². The molecule has 2 aliphatic rings. The van der Waals surface area contributed by atoms with Crippen LogP contribution < -0.4 is 10.1 Å². The highest BCUT2D eigenvalue weighted by molar-refractivity contribution is 6.31. The number of hydrogen-bond donors (Lipinski definition) is 3. The summed E-state index contributed by atoms with van der Waals surface area (Å²) in [5, 5.41) is 24.2. The van der Waals surface area contributed by atoms with Gasteiger partial charge in [-0.1, -0.05) is 30.7 Å². The molecular formula is C27H34ClN3O4. The van der Waals surface area contributed by atoms with Crippen LogP contribution in [0, 0.1) is 11.8 Å². The van der Waals surface area contributed by atoms with Crippen molar-refractivity contribution in [2.24, 2.45) is 16.8 Å². The van der Waals surface area contributed by atoms with E-state index >= 15 is 0 Å². The number of rotatable bonds is 7. The van der Waals surface area contributed by atoms with Crippen LogP contribution >= 0.6 is 11.6 Å². The van der Waals surface area contributed by atoms with Crippen LogP contribution in [0.4, 0.5) is 5.69 Å². The number of carbonyl (C=O) groups is 1. The molecule has 7 nitrogen and oxygen atoms in total. The monoisotopic (exact) mass is 499 g/mol. The quantitative estimate of drug-likeness (QED) is 0.492. The first kappa shape index (κ1) is 25.5. The van der Waals surface area contributed by atoms with Gasteiger partial charge in [-0.3, -0.25) is 4.79 Å². The number of aliphatic carboxylic acids is 1. The molecule has 35 heavy (non-hydrogen) atoms. The summed E-state index contributed by atoms with van der Waals surface area (Å²) in [4.78, 5) is 19.4. The smallest absolute Gasteiger partial charge is 0.308 e. The normalized spacial score (nSPS) is 19.5. The summed E-state index contributed by atoms with van der Waals surface area (Å²) < 4.78 is 6.17. The number of aliphatic imine (C=N–C) groups is 1. The molecule has 3 N–H and O–H groups in total. The number of ether oxygens (including phenoxy) is 1. The first-order chi connectivity index (χ1) is 16.6. The number of halogens is 1. The summed E-state index contributed by atoms with van der Waals surface area (Å²) in [6.45, 7) is 7.51. The summed E-state index contributed by atoms with van der Waals surface area (Å²) in [6, 6.07) is 12.9. The number of carboxylic acid groups (broad SMARTS) is 1. The van der Waals surface area contributed by atoms with E-state index in [9.17, 15) is 15.0 Å². The highest BCUT2D eigenvalue weighted by Gasteiger charge is 2.34. The second-order valence-electron chi connectivity index (χ2n) is 10.3. The number of para-hydroxylation sites is 1. The average molecular weight is 500 g/mol. The van der Waals surface area contributed by atoms with Crippen molar-refractivity contribution >= 4 is 29.1 Å². The van der Waals surface area contributed by atoms with Crippen molar-refractivity contribution in [1.82, 2.24) is 10.2 Å². The molecule has 0 amide bonds. The van der Waals surface area contributed by atoms with E-state index in [1.165, 1.54) is 0 Å². The first-order valence-corrected chi connectivity index (χ1v) is 12.6. The van der Waals surface area contributed by atoms with Crippen molar-refractivity contribution in [2.75, 3.05) is 19.6 Å². The first-order valence-electron chi connectivity index (χ1n) is 12.2. The molecule has 2 aliphatic heterocycles. The molecule has 1 saturated heterocycles. The summed E-state index contributed by atoms with van der Waals surface area (Å²) in [5.74, 6) is 0.983. The van der Waals surface area contributed by atoms with Gasteiger partial charge in [0.2, 0.25) is 0 Å². The second-order valence-corrected chi connectivity index (χ2v) is 10.7. The van der Waals surface area contributed by atoms with Gasteiger partial charge in [-0.2, -0.15) is 0 Å². The van der Waals surface area contributed by atoms with Crippen molar-refractivity contribution in [3.8, 4) is 11.5 Å². The van der Waals surface area contributed by atoms with Crippen LogP contribution in [-0.2, 0) is 4.79 Å². The molecule has 2 aromatic carbocycles. The molecule has 0 radical (unpaired) electrons. The number of benzene rings is 2. The standard InChI is InChI=1S/C27H34ClN3O4/c1-17(15-27(2,3)34)8-10-19(26(32)33)22-16-31(13-12-29-22)25-20-6-4-5-7-23(20)35-24-11-9-18(28)14-21(24)30-25/h4-7,9,11,14,17,19,22,29,34H,8,10,12-13,15-16H2,1-3H3,(H,32,33)/t17-,19-,22-/m1/s1. The molecule has 8 heteroatoms. The Labute approximate surface area is 211 Å². The number of aliphatic hydroxyl groups is 1. The zero-order chi connectivity index (χ0) is 25.2. The molecule has 0 saturated carbocycles. The topological polar surface area (TPSA) is 94.4 Å². The van der Waals surface area contributed by atoms with E-state index < -0.39 is 17.5 Å². The van der Waals surface area contributed by atoms with E-state index in [2.05, 4.69) is 17.1 Å². The van der Waals surface area contributed by atoms with Gasteiger partial charge in [0.25, 0.3) is 0 Å². The van der Waals surface area contributed by atoms with Gasteiger partial charge in [0, 0.05) is 30.7 Å². The number of hydrogen-bond acceptors (Lipinski definition) is 6. The number of carboxylic acids is 1. The van der Waals surface area contributed by atoms with Gasteiger partial charge in [0.15, 0.2) is 5.75 Å². The molecule has 0 bridgehead atoms. The molecule has 0 unspecified atom stereocenters. The highest BCUT2D eigenvalue weighted by Crippen LogP contribution is 2.39. The third-order valence-corrected chi connectivity index (χ3v) is 6.86. The lowest BCUT2D eigenvalue weighted by Crippen LogP contribution is -2.56. The van der Waals surface area contributed by atoms with Gasteiger partial charge < -0.3 is 25.2 Å². The third-order valence-electron chi connectivity index (χ3n) is 6.62. The highest BCUT2D eigenvalue weighted by atomic mass is 35.5. The van der Waals surface area contributed by atoms with E-state index in [1.807, 2.05) is 30.3 Å². The maximum Gasteiger partial charge on any atom is 0.308 e. The van der Waals surface area contributed by atoms with Crippen LogP contribution in [-0.4, -0.2) is 58.2 Å². The molecule has 1 fully saturated rings. The van der Waals surface area contributed by atoms with E-state index in [4.69, 9.17) is 21.3 Å². The van der Waals surface area contributed by atoms with Crippen LogP contribution in [0.5, 0.6) is 11.5 Å². The van der Waals surface area contributed by atoms with Crippen molar-refractivity contribution in [1.29, 1.82) is 0 Å². The Hall–Kier alpha value is -2.61. The lowest BCUT2D eigenvalue weighted by atomic mass is 9.86. The largest absolute Gasteiger partial charge is 0.481 e. The Morgan fingerprint density at radius 1 is 1.26 bits per heavy atom. The Morgan fingerprint density at radius 2 is 2.03 bits per heavy atom. The summed E-state index contributed by atoms with van der Waals surface area (Å²) in [6.07, 6.45) is 1.92. The molecule has 0 aromatic heterocycles. The number of piperazine rings is 1. The molecule has 0 spiro atoms. The van der Waals surface area contributed by atoms with Crippen molar-refractivity contribution < 1.29 is 19.7 Å². The van der Waals surface area contributed by atoms with Crippen LogP contribution in [0.1, 0.15) is 45.6 Å². The van der Waals surface area contributed by atoms with Crippen LogP contribution in [0.3, 0.4) is 0 Å². The minimum absolute atomic E-state index is 0.228. The molecule has 3 atom stereocenters. The Bertz CT molecular complexity index is 1100. The number of fused-ring (bicyclic) bond motifs is 2. The fraction of sp³-hybridized carbons (Fsp3) is 0.481. The predicted octanol–water partition coefficient (Wildman–Crippen LogP) is 5.08. The zero-order valence-corrected chi connectivity index (χ0v) is 21.3. The van der Waals surface area contributed by atoms with Crippen LogP contribution in [0.15, 0.2) is 47.5 Å². The van der Waals surface area contributed by atoms with Gasteiger partial charge in [-0.05, 0) is 69.4 Å². The number of amidine groups is 1. The molecule has 0 aliphatic carbocycles. The fourth-order valence-corrected chi connectivity index (χ4v) is 5.26. The SMILES string of the molecule is C[C@H](CC[C@@H](C(=O)O)[C@H]1CN(C2=Nc3cc(Cl)ccc3Oc3ccccc32)CCN1)CC(C)(C)O. The summed E-state index contributed by atoms with van der Waals surface area (Å²) in [5.41, 5.74) is 0.754. The fourth-order valence-electron chi connectivity index (χ4n) is 5.09. The third kappa shape index (κ3) is 6.34. The summed E-state index contributed by atoms with van der Waals surface area (Å²) >= 11 is 6.25. The van der Waals surface area contributed by atoms with Crippen molar-refractivity contribution in [3.05, 3.63) is 53.1 Å². The molecule has 4 rings (SSSR count). The predicted molar refractivity (Wildman–Crippen MR) is 138 cm³/mol. The van der Waals surface area contributed by atoms with Gasteiger partial charge in [0.05, 0.1) is 17.1 Å². The maximum atomic E-state index is 12.3. The van der Waals surface area contributed by atoms with E-state index in [0.717, 1.165) is 17.8 Å². The molecule has 2 aromatic rings. The lowest BCUT2D eigenvalue weighted by Gasteiger charge is -2.38. The molecule has 2 heterocycles. The summed E-state index contributed by atoms with van der Waals surface area (Å²) in [7, 11) is 0. The minimum Gasteiger partial charge on any atom is -0.481 e. The minimum atomic E-state index is -0.802. The van der Waals surface area contributed by atoms with Gasteiger partial charge in [-0.15, -0.1) is 0 Å². The molecular weight excluding hydrogens is 466 g/mol. The van der Waals surface area contributed by atoms with Gasteiger partial charge in [0.1, 0.15) is 17.3 Å². The van der Waals surface area contributed by atoms with Crippen LogP contribution in [0.25, 0.3) is 0 Å². The van der Waals surface area contributed by atoms with Crippen LogP contribution in [0.2, 0.25) is 5.02 Å². The Balaban J connectivity index is 1.57. The lowest BCUT2D eigenvalue weighted by molar-refractivity contribution is -0.143. The number of nitrogens with one attached hydrogen (secondary N) is 1. The average Bonchev–Trinajstić information content (AvgIpc) is 2.94. The zero-order valence-electron chi connectivity index (χ0n) is 20.5. The van der Waals surface area contributed by atoms with E-state index in [0.29, 0.717) is 54.7 Å². The Kier molecular flexibility index (Phi) is 7.69. The van der Waals surface area contributed by atoms with Gasteiger partial charge >= 0.3 is 5.97 Å². The van der Waals surface area contributed by atoms with Crippen molar-refractivity contribution in [3.63, 3.8) is 0 Å². The second kappa shape index (κ2) is 10.6. The number of nitrogens with zero attached hydrogens (tertiary/aromatic N) is 2. The van der Waals surface area contributed by atoms with E-state index in [-0.39, 0.29) is 12.0 Å². The van der Waals surface area contributed by atoms with Crippen molar-refractivity contribution in [2.45, 2.75) is 51.7 Å².